The van der Waals surface area contributed by atoms with Gasteiger partial charge in [-0.25, -0.2) is 0 Å². The van der Waals surface area contributed by atoms with Gasteiger partial charge in [0.1, 0.15) is 0 Å². The Morgan fingerprint density at radius 1 is 1.23 bits per heavy atom. The summed E-state index contributed by atoms with van der Waals surface area (Å²) in [6.07, 6.45) is 8.60. The van der Waals surface area contributed by atoms with E-state index in [1.165, 1.54) is 45.1 Å². The monoisotopic (exact) mass is 247 g/mol. The van der Waals surface area contributed by atoms with E-state index >= 15 is 0 Å². The molecule has 1 nitrogen and oxygen atoms in total. The molecule has 0 aromatic rings. The van der Waals surface area contributed by atoms with E-state index in [2.05, 4.69) is 34.8 Å². The molecule has 1 saturated carbocycles. The van der Waals surface area contributed by atoms with E-state index in [0.717, 1.165) is 6.04 Å². The molecule has 0 N–H and O–H groups in total. The second-order valence-electron chi connectivity index (χ2n) is 4.37. The van der Waals surface area contributed by atoms with Crippen molar-refractivity contribution < 1.29 is 0 Å². The lowest BCUT2D eigenvalue weighted by molar-refractivity contribution is 0.224. The van der Waals surface area contributed by atoms with Crippen molar-refractivity contribution in [3.8, 4) is 0 Å². The Bertz CT molecular complexity index is 128. The smallest absolute Gasteiger partial charge is 0.0244 e. The van der Waals surface area contributed by atoms with Crippen molar-refractivity contribution in [2.24, 2.45) is 0 Å². The van der Waals surface area contributed by atoms with E-state index in [0.29, 0.717) is 4.83 Å². The Balaban J connectivity index is 2.30. The van der Waals surface area contributed by atoms with Crippen LogP contribution in [-0.4, -0.2) is 29.4 Å². The zero-order valence-corrected chi connectivity index (χ0v) is 10.5. The number of nitrogens with zero attached hydrogens (tertiary/aromatic N) is 1. The number of halogens is 1. The van der Waals surface area contributed by atoms with Gasteiger partial charge in [0.05, 0.1) is 0 Å². The van der Waals surface area contributed by atoms with Gasteiger partial charge in [0.2, 0.25) is 0 Å². The van der Waals surface area contributed by atoms with Crippen molar-refractivity contribution in [3.05, 3.63) is 0 Å². The summed E-state index contributed by atoms with van der Waals surface area (Å²) < 4.78 is 0. The standard InChI is InChI=1S/C11H22BrN/c1-10(12)9-13(2)11-7-5-3-4-6-8-11/h10-11H,3-9H2,1-2H3. The first-order valence-corrected chi connectivity index (χ1v) is 6.46. The first kappa shape index (κ1) is 11.5. The van der Waals surface area contributed by atoms with E-state index in [9.17, 15) is 0 Å². The SMILES string of the molecule is CC(Br)CN(C)C1CCCCCC1. The third-order valence-corrected chi connectivity index (χ3v) is 3.28. The minimum atomic E-state index is 0.626. The van der Waals surface area contributed by atoms with Crippen LogP contribution in [0, 0.1) is 0 Å². The molecule has 1 unspecified atom stereocenters. The highest BCUT2D eigenvalue weighted by Gasteiger charge is 2.17. The largest absolute Gasteiger partial charge is 0.302 e. The van der Waals surface area contributed by atoms with E-state index < -0.39 is 0 Å². The fourth-order valence-corrected chi connectivity index (χ4v) is 2.70. The van der Waals surface area contributed by atoms with Gasteiger partial charge in [0, 0.05) is 17.4 Å². The molecule has 78 valence electrons. The van der Waals surface area contributed by atoms with Gasteiger partial charge in [-0.2, -0.15) is 0 Å². The average molecular weight is 248 g/mol. The summed E-state index contributed by atoms with van der Waals surface area (Å²) in [6, 6.07) is 0.850. The van der Waals surface area contributed by atoms with Crippen molar-refractivity contribution in [3.63, 3.8) is 0 Å². The highest BCUT2D eigenvalue weighted by Crippen LogP contribution is 2.21. The van der Waals surface area contributed by atoms with Crippen LogP contribution in [-0.2, 0) is 0 Å². The molecule has 1 aliphatic carbocycles. The number of rotatable bonds is 3. The van der Waals surface area contributed by atoms with Gasteiger partial charge >= 0.3 is 0 Å². The van der Waals surface area contributed by atoms with Gasteiger partial charge < -0.3 is 4.90 Å². The predicted molar refractivity (Wildman–Crippen MR) is 62.5 cm³/mol. The summed E-state index contributed by atoms with van der Waals surface area (Å²) in [5.74, 6) is 0. The van der Waals surface area contributed by atoms with Crippen LogP contribution in [0.15, 0.2) is 0 Å². The molecule has 0 aromatic carbocycles. The topological polar surface area (TPSA) is 3.24 Å². The average Bonchev–Trinajstić information content (AvgIpc) is 2.29. The normalized spacial score (nSPS) is 23.1. The zero-order valence-electron chi connectivity index (χ0n) is 8.93. The quantitative estimate of drug-likeness (QED) is 0.546. The highest BCUT2D eigenvalue weighted by atomic mass is 79.9. The number of hydrogen-bond donors (Lipinski definition) is 0. The molecule has 1 aliphatic rings. The summed E-state index contributed by atoms with van der Waals surface area (Å²) in [5.41, 5.74) is 0. The summed E-state index contributed by atoms with van der Waals surface area (Å²) in [4.78, 5) is 3.16. The Labute approximate surface area is 91.0 Å². The van der Waals surface area contributed by atoms with Crippen LogP contribution in [0.1, 0.15) is 45.4 Å². The second-order valence-corrected chi connectivity index (χ2v) is 5.93. The maximum atomic E-state index is 3.62. The van der Waals surface area contributed by atoms with Gasteiger partial charge in [-0.1, -0.05) is 48.5 Å². The van der Waals surface area contributed by atoms with Crippen LogP contribution in [0.4, 0.5) is 0 Å². The predicted octanol–water partition coefficient (Wildman–Crippen LogP) is 3.42. The zero-order chi connectivity index (χ0) is 9.68. The fraction of sp³-hybridized carbons (Fsp3) is 1.00. The highest BCUT2D eigenvalue weighted by molar-refractivity contribution is 9.09. The van der Waals surface area contributed by atoms with Crippen LogP contribution < -0.4 is 0 Å². The lowest BCUT2D eigenvalue weighted by Gasteiger charge is -2.27. The van der Waals surface area contributed by atoms with Crippen molar-refractivity contribution >= 4 is 15.9 Å². The Kier molecular flexibility index (Phi) is 5.34. The molecule has 2 heteroatoms. The summed E-state index contributed by atoms with van der Waals surface area (Å²) in [5, 5.41) is 0. The van der Waals surface area contributed by atoms with Crippen LogP contribution in [0.25, 0.3) is 0 Å². The maximum absolute atomic E-state index is 3.62. The molecule has 1 atom stereocenters. The molecular formula is C11H22BrN. The molecule has 0 saturated heterocycles. The maximum Gasteiger partial charge on any atom is 0.0244 e. The molecule has 0 bridgehead atoms. The van der Waals surface area contributed by atoms with Crippen molar-refractivity contribution in [2.75, 3.05) is 13.6 Å². The molecular weight excluding hydrogens is 226 g/mol. The molecule has 0 aliphatic heterocycles. The molecule has 0 amide bonds. The first-order valence-electron chi connectivity index (χ1n) is 5.54. The Morgan fingerprint density at radius 3 is 2.23 bits per heavy atom. The summed E-state index contributed by atoms with van der Waals surface area (Å²) >= 11 is 3.62. The van der Waals surface area contributed by atoms with E-state index in [-0.39, 0.29) is 0 Å². The van der Waals surface area contributed by atoms with Crippen molar-refractivity contribution in [2.45, 2.75) is 56.3 Å². The minimum Gasteiger partial charge on any atom is -0.302 e. The minimum absolute atomic E-state index is 0.626. The van der Waals surface area contributed by atoms with E-state index in [1.54, 1.807) is 0 Å². The number of alkyl halides is 1. The van der Waals surface area contributed by atoms with Gasteiger partial charge in [-0.05, 0) is 19.9 Å². The first-order chi connectivity index (χ1) is 6.20. The molecule has 13 heavy (non-hydrogen) atoms. The lowest BCUT2D eigenvalue weighted by atomic mass is 10.1. The fourth-order valence-electron chi connectivity index (χ4n) is 2.24. The van der Waals surface area contributed by atoms with E-state index in [1.807, 2.05) is 0 Å². The van der Waals surface area contributed by atoms with Gasteiger partial charge in [0.25, 0.3) is 0 Å². The molecule has 1 fully saturated rings. The third-order valence-electron chi connectivity index (χ3n) is 2.99. The van der Waals surface area contributed by atoms with Gasteiger partial charge in [-0.3, -0.25) is 0 Å². The molecule has 0 radical (unpaired) electrons. The Morgan fingerprint density at radius 2 is 1.77 bits per heavy atom. The van der Waals surface area contributed by atoms with E-state index in [4.69, 9.17) is 0 Å². The van der Waals surface area contributed by atoms with Gasteiger partial charge in [0.15, 0.2) is 0 Å². The van der Waals surface area contributed by atoms with Crippen molar-refractivity contribution in [1.82, 2.24) is 4.90 Å². The van der Waals surface area contributed by atoms with Crippen molar-refractivity contribution in [1.29, 1.82) is 0 Å². The summed E-state index contributed by atoms with van der Waals surface area (Å²) in [7, 11) is 2.27. The van der Waals surface area contributed by atoms with Crippen LogP contribution in [0.2, 0.25) is 0 Å². The van der Waals surface area contributed by atoms with Crippen LogP contribution >= 0.6 is 15.9 Å². The lowest BCUT2D eigenvalue weighted by Crippen LogP contribution is -2.34. The van der Waals surface area contributed by atoms with Crippen LogP contribution in [0.5, 0.6) is 0 Å². The second kappa shape index (κ2) is 6.02. The van der Waals surface area contributed by atoms with Gasteiger partial charge in [-0.15, -0.1) is 0 Å². The summed E-state index contributed by atoms with van der Waals surface area (Å²) in [6.45, 7) is 3.41. The molecule has 0 spiro atoms. The molecule has 0 aromatic heterocycles. The molecule has 0 heterocycles. The third kappa shape index (κ3) is 4.46. The number of hydrogen-bond acceptors (Lipinski definition) is 1. The molecule has 1 rings (SSSR count). The Hall–Kier alpha value is 0.440. The van der Waals surface area contributed by atoms with Crippen LogP contribution in [0.3, 0.4) is 0 Å².